The maximum atomic E-state index is 12.8. The van der Waals surface area contributed by atoms with Crippen molar-refractivity contribution in [2.75, 3.05) is 19.5 Å². The molecular formula is C23H19ClN2O4. The van der Waals surface area contributed by atoms with Crippen LogP contribution in [0.15, 0.2) is 60.7 Å². The van der Waals surface area contributed by atoms with Crippen molar-refractivity contribution >= 4 is 23.2 Å². The molecule has 1 N–H and O–H groups in total. The Balaban J connectivity index is 1.76. The second-order valence-corrected chi connectivity index (χ2v) is 6.63. The van der Waals surface area contributed by atoms with Crippen molar-refractivity contribution in [2.24, 2.45) is 0 Å². The monoisotopic (exact) mass is 422 g/mol. The van der Waals surface area contributed by atoms with Gasteiger partial charge in [0.1, 0.15) is 23.9 Å². The van der Waals surface area contributed by atoms with Gasteiger partial charge < -0.3 is 19.5 Å². The van der Waals surface area contributed by atoms with Crippen LogP contribution in [0.1, 0.15) is 21.5 Å². The van der Waals surface area contributed by atoms with Gasteiger partial charge >= 0.3 is 0 Å². The minimum Gasteiger partial charge on any atom is -0.495 e. The zero-order valence-corrected chi connectivity index (χ0v) is 17.2. The number of rotatable bonds is 7. The molecule has 0 aliphatic carbocycles. The van der Waals surface area contributed by atoms with Gasteiger partial charge in [0.05, 0.1) is 36.6 Å². The lowest BCUT2D eigenvalue weighted by atomic mass is 10.1. The molecule has 0 aliphatic heterocycles. The molecule has 1 amide bonds. The molecule has 3 rings (SSSR count). The molecular weight excluding hydrogens is 404 g/mol. The SMILES string of the molecule is COc1cc(NC(=O)c2cccc(OCc3ccccc3C#N)c2)c(OC)cc1Cl. The third kappa shape index (κ3) is 4.83. The van der Waals surface area contributed by atoms with Crippen molar-refractivity contribution in [3.63, 3.8) is 0 Å². The van der Waals surface area contributed by atoms with E-state index in [1.807, 2.05) is 12.1 Å². The fourth-order valence-corrected chi connectivity index (χ4v) is 3.03. The Hall–Kier alpha value is -3.69. The number of carbonyl (C=O) groups excluding carboxylic acids is 1. The summed E-state index contributed by atoms with van der Waals surface area (Å²) in [5, 5.41) is 12.4. The third-order valence-corrected chi connectivity index (χ3v) is 4.65. The molecule has 30 heavy (non-hydrogen) atoms. The van der Waals surface area contributed by atoms with Crippen LogP contribution in [0.5, 0.6) is 17.2 Å². The average molecular weight is 423 g/mol. The average Bonchev–Trinajstić information content (AvgIpc) is 2.78. The number of nitrogens with zero attached hydrogens (tertiary/aromatic N) is 1. The molecule has 7 heteroatoms. The highest BCUT2D eigenvalue weighted by Gasteiger charge is 2.14. The largest absolute Gasteiger partial charge is 0.495 e. The molecule has 152 valence electrons. The Bertz CT molecular complexity index is 1110. The fourth-order valence-electron chi connectivity index (χ4n) is 2.80. The molecule has 3 aromatic rings. The first-order valence-electron chi connectivity index (χ1n) is 8.99. The summed E-state index contributed by atoms with van der Waals surface area (Å²) in [5.74, 6) is 0.993. The van der Waals surface area contributed by atoms with Crippen molar-refractivity contribution < 1.29 is 19.0 Å². The molecule has 0 atom stereocenters. The van der Waals surface area contributed by atoms with Crippen LogP contribution < -0.4 is 19.5 Å². The molecule has 0 bridgehead atoms. The van der Waals surface area contributed by atoms with Gasteiger partial charge in [0.2, 0.25) is 0 Å². The van der Waals surface area contributed by atoms with Gasteiger partial charge in [-0.15, -0.1) is 0 Å². The number of halogens is 1. The lowest BCUT2D eigenvalue weighted by molar-refractivity contribution is 0.102. The smallest absolute Gasteiger partial charge is 0.255 e. The molecule has 0 aromatic heterocycles. The second-order valence-electron chi connectivity index (χ2n) is 6.23. The van der Waals surface area contributed by atoms with Gasteiger partial charge in [-0.3, -0.25) is 4.79 Å². The van der Waals surface area contributed by atoms with Crippen molar-refractivity contribution in [1.29, 1.82) is 5.26 Å². The first-order chi connectivity index (χ1) is 14.5. The van der Waals surface area contributed by atoms with Gasteiger partial charge in [-0.25, -0.2) is 0 Å². The summed E-state index contributed by atoms with van der Waals surface area (Å²) in [4.78, 5) is 12.8. The summed E-state index contributed by atoms with van der Waals surface area (Å²) >= 11 is 6.11. The maximum Gasteiger partial charge on any atom is 0.255 e. The van der Waals surface area contributed by atoms with Crippen LogP contribution in [-0.2, 0) is 6.61 Å². The van der Waals surface area contributed by atoms with E-state index in [1.54, 1.807) is 48.5 Å². The topological polar surface area (TPSA) is 80.6 Å². The Morgan fingerprint density at radius 1 is 1.03 bits per heavy atom. The van der Waals surface area contributed by atoms with E-state index < -0.39 is 0 Å². The molecule has 0 spiro atoms. The first kappa shape index (κ1) is 21.0. The number of nitriles is 1. The molecule has 0 unspecified atom stereocenters. The maximum absolute atomic E-state index is 12.8. The number of ether oxygens (including phenoxy) is 3. The van der Waals surface area contributed by atoms with E-state index in [-0.39, 0.29) is 12.5 Å². The first-order valence-corrected chi connectivity index (χ1v) is 9.37. The minimum absolute atomic E-state index is 0.219. The normalized spacial score (nSPS) is 10.1. The van der Waals surface area contributed by atoms with Gasteiger partial charge in [-0.05, 0) is 24.3 Å². The third-order valence-electron chi connectivity index (χ3n) is 4.35. The molecule has 0 saturated heterocycles. The van der Waals surface area contributed by atoms with E-state index in [4.69, 9.17) is 25.8 Å². The van der Waals surface area contributed by atoms with Crippen LogP contribution in [0.3, 0.4) is 0 Å². The van der Waals surface area contributed by atoms with E-state index in [2.05, 4.69) is 11.4 Å². The zero-order valence-electron chi connectivity index (χ0n) is 16.4. The summed E-state index contributed by atoms with van der Waals surface area (Å²) < 4.78 is 16.3. The van der Waals surface area contributed by atoms with Gasteiger partial charge in [0.25, 0.3) is 5.91 Å². The fraction of sp³-hybridized carbons (Fsp3) is 0.130. The molecule has 3 aromatic carbocycles. The van der Waals surface area contributed by atoms with Crippen LogP contribution in [0, 0.1) is 11.3 Å². The van der Waals surface area contributed by atoms with Crippen molar-refractivity contribution in [1.82, 2.24) is 0 Å². The van der Waals surface area contributed by atoms with Crippen LogP contribution in [0.4, 0.5) is 5.69 Å². The minimum atomic E-state index is -0.347. The molecule has 0 radical (unpaired) electrons. The van der Waals surface area contributed by atoms with Crippen molar-refractivity contribution in [3.05, 3.63) is 82.4 Å². The van der Waals surface area contributed by atoms with Gasteiger partial charge in [0, 0.05) is 23.3 Å². The van der Waals surface area contributed by atoms with Crippen LogP contribution in [-0.4, -0.2) is 20.1 Å². The Morgan fingerprint density at radius 2 is 1.80 bits per heavy atom. The number of hydrogen-bond donors (Lipinski definition) is 1. The van der Waals surface area contributed by atoms with E-state index in [0.29, 0.717) is 39.1 Å². The van der Waals surface area contributed by atoms with E-state index in [0.717, 1.165) is 5.56 Å². The van der Waals surface area contributed by atoms with Gasteiger partial charge in [-0.1, -0.05) is 35.9 Å². The number of anilines is 1. The van der Waals surface area contributed by atoms with Gasteiger partial charge in [-0.2, -0.15) is 5.26 Å². The quantitative estimate of drug-likeness (QED) is 0.575. The zero-order chi connectivity index (χ0) is 21.5. The molecule has 0 fully saturated rings. The lowest BCUT2D eigenvalue weighted by Crippen LogP contribution is -2.13. The van der Waals surface area contributed by atoms with E-state index in [1.165, 1.54) is 14.2 Å². The second kappa shape index (κ2) is 9.68. The molecule has 6 nitrogen and oxygen atoms in total. The number of amides is 1. The van der Waals surface area contributed by atoms with E-state index >= 15 is 0 Å². The Labute approximate surface area is 179 Å². The highest BCUT2D eigenvalue weighted by atomic mass is 35.5. The molecule has 0 saturated carbocycles. The summed E-state index contributed by atoms with van der Waals surface area (Å²) in [5.41, 5.74) is 2.15. The highest BCUT2D eigenvalue weighted by Crippen LogP contribution is 2.36. The Kier molecular flexibility index (Phi) is 6.79. The van der Waals surface area contributed by atoms with E-state index in [9.17, 15) is 10.1 Å². The molecule has 0 heterocycles. The lowest BCUT2D eigenvalue weighted by Gasteiger charge is -2.14. The van der Waals surface area contributed by atoms with Crippen LogP contribution in [0.25, 0.3) is 0 Å². The standard InChI is InChI=1S/C23H19ClN2O4/c1-28-21-12-20(22(29-2)11-19(21)24)26-23(27)15-8-5-9-18(10-15)30-14-17-7-4-3-6-16(17)13-25/h3-12H,14H2,1-2H3,(H,26,27). The summed E-state index contributed by atoms with van der Waals surface area (Å²) in [7, 11) is 2.98. The summed E-state index contributed by atoms with van der Waals surface area (Å²) in [6.07, 6.45) is 0. The predicted octanol–water partition coefficient (Wildman–Crippen LogP) is 5.06. The number of methoxy groups -OCH3 is 2. The highest BCUT2D eigenvalue weighted by molar-refractivity contribution is 6.32. The predicted molar refractivity (Wildman–Crippen MR) is 114 cm³/mol. The van der Waals surface area contributed by atoms with Gasteiger partial charge in [0.15, 0.2) is 0 Å². The molecule has 0 aliphatic rings. The van der Waals surface area contributed by atoms with Crippen LogP contribution >= 0.6 is 11.6 Å². The number of hydrogen-bond acceptors (Lipinski definition) is 5. The summed E-state index contributed by atoms with van der Waals surface area (Å²) in [6, 6.07) is 19.3. The number of benzene rings is 3. The number of carbonyl (C=O) groups is 1. The Morgan fingerprint density at radius 3 is 2.53 bits per heavy atom. The van der Waals surface area contributed by atoms with Crippen molar-refractivity contribution in [2.45, 2.75) is 6.61 Å². The van der Waals surface area contributed by atoms with Crippen LogP contribution in [0.2, 0.25) is 5.02 Å². The van der Waals surface area contributed by atoms with Crippen molar-refractivity contribution in [3.8, 4) is 23.3 Å². The number of nitrogens with one attached hydrogen (secondary N) is 1. The summed E-state index contributed by atoms with van der Waals surface area (Å²) in [6.45, 7) is 0.219.